The van der Waals surface area contributed by atoms with E-state index in [0.717, 1.165) is 34.6 Å². The summed E-state index contributed by atoms with van der Waals surface area (Å²) in [5.74, 6) is 2.82. The van der Waals surface area contributed by atoms with Crippen molar-refractivity contribution in [2.75, 3.05) is 13.2 Å². The van der Waals surface area contributed by atoms with Crippen molar-refractivity contribution in [3.63, 3.8) is 0 Å². The maximum atomic E-state index is 5.61. The van der Waals surface area contributed by atoms with Crippen LogP contribution in [-0.2, 0) is 19.4 Å². The van der Waals surface area contributed by atoms with Gasteiger partial charge in [-0.3, -0.25) is 0 Å². The molecule has 2 N–H and O–H groups in total. The summed E-state index contributed by atoms with van der Waals surface area (Å²) in [6.45, 7) is 1.71. The Balaban J connectivity index is 1.42. The first-order valence-corrected chi connectivity index (χ1v) is 8.32. The maximum absolute atomic E-state index is 5.61. The van der Waals surface area contributed by atoms with E-state index in [1.54, 1.807) is 0 Å². The van der Waals surface area contributed by atoms with Crippen molar-refractivity contribution >= 4 is 0 Å². The fraction of sp³-hybridized carbons (Fsp3) is 0.263. The van der Waals surface area contributed by atoms with E-state index >= 15 is 0 Å². The molecule has 25 heavy (non-hydrogen) atoms. The smallest absolute Gasteiger partial charge is 0.227 e. The number of hydrogen-bond acceptors (Lipinski definition) is 6. The normalized spacial score (nSPS) is 13.0. The third-order valence-electron chi connectivity index (χ3n) is 4.15. The molecule has 0 unspecified atom stereocenters. The lowest BCUT2D eigenvalue weighted by atomic mass is 10.1. The Hall–Kier alpha value is -2.86. The van der Waals surface area contributed by atoms with Gasteiger partial charge in [-0.25, -0.2) is 0 Å². The molecular formula is C19H19N3O3. The summed E-state index contributed by atoms with van der Waals surface area (Å²) in [4.78, 5) is 4.47. The minimum atomic E-state index is 0.521. The fourth-order valence-electron chi connectivity index (χ4n) is 2.76. The van der Waals surface area contributed by atoms with Gasteiger partial charge in [-0.2, -0.15) is 4.98 Å². The predicted molar refractivity (Wildman–Crippen MR) is 92.5 cm³/mol. The third-order valence-corrected chi connectivity index (χ3v) is 4.15. The van der Waals surface area contributed by atoms with Crippen molar-refractivity contribution in [3.8, 4) is 22.9 Å². The first kappa shape index (κ1) is 15.7. The molecule has 0 radical (unpaired) electrons. The topological polar surface area (TPSA) is 83.4 Å². The van der Waals surface area contributed by atoms with Crippen LogP contribution in [0.4, 0.5) is 0 Å². The SMILES string of the molecule is NCc1ccc(-c2noc(CCc3ccc4c(c3)OCCO4)n2)cc1. The summed E-state index contributed by atoms with van der Waals surface area (Å²) in [5.41, 5.74) is 8.76. The first-order chi connectivity index (χ1) is 12.3. The van der Waals surface area contributed by atoms with E-state index in [-0.39, 0.29) is 0 Å². The van der Waals surface area contributed by atoms with E-state index in [4.69, 9.17) is 19.7 Å². The van der Waals surface area contributed by atoms with E-state index in [1.807, 2.05) is 42.5 Å². The average Bonchev–Trinajstić information content (AvgIpc) is 3.15. The summed E-state index contributed by atoms with van der Waals surface area (Å²) < 4.78 is 16.5. The molecule has 0 aliphatic carbocycles. The van der Waals surface area contributed by atoms with E-state index in [9.17, 15) is 0 Å². The molecule has 0 atom stereocenters. The number of nitrogens with two attached hydrogens (primary N) is 1. The van der Waals surface area contributed by atoms with E-state index in [1.165, 1.54) is 0 Å². The zero-order valence-electron chi connectivity index (χ0n) is 13.8. The first-order valence-electron chi connectivity index (χ1n) is 8.32. The Kier molecular flexibility index (Phi) is 4.35. The van der Waals surface area contributed by atoms with Crippen LogP contribution < -0.4 is 15.2 Å². The van der Waals surface area contributed by atoms with Gasteiger partial charge in [0.2, 0.25) is 11.7 Å². The van der Waals surface area contributed by atoms with Gasteiger partial charge in [-0.05, 0) is 29.7 Å². The van der Waals surface area contributed by atoms with Crippen molar-refractivity contribution in [3.05, 3.63) is 59.5 Å². The molecule has 1 aliphatic heterocycles. The van der Waals surface area contributed by atoms with Crippen molar-refractivity contribution in [1.82, 2.24) is 10.1 Å². The molecule has 0 spiro atoms. The highest BCUT2D eigenvalue weighted by atomic mass is 16.6. The highest BCUT2D eigenvalue weighted by molar-refractivity contribution is 5.54. The van der Waals surface area contributed by atoms with Gasteiger partial charge >= 0.3 is 0 Å². The lowest BCUT2D eigenvalue weighted by Crippen LogP contribution is -2.15. The van der Waals surface area contributed by atoms with Crippen LogP contribution in [-0.4, -0.2) is 23.4 Å². The molecule has 128 valence electrons. The number of fused-ring (bicyclic) bond motifs is 1. The quantitative estimate of drug-likeness (QED) is 0.771. The molecular weight excluding hydrogens is 318 g/mol. The second-order valence-electron chi connectivity index (χ2n) is 5.89. The van der Waals surface area contributed by atoms with Gasteiger partial charge < -0.3 is 19.7 Å². The van der Waals surface area contributed by atoms with Gasteiger partial charge in [-0.1, -0.05) is 35.5 Å². The number of benzene rings is 2. The van der Waals surface area contributed by atoms with Crippen LogP contribution in [0, 0.1) is 0 Å². The highest BCUT2D eigenvalue weighted by Crippen LogP contribution is 2.31. The van der Waals surface area contributed by atoms with Crippen LogP contribution >= 0.6 is 0 Å². The minimum Gasteiger partial charge on any atom is -0.486 e. The zero-order chi connectivity index (χ0) is 17.1. The summed E-state index contributed by atoms with van der Waals surface area (Å²) in [6, 6.07) is 13.9. The molecule has 6 heteroatoms. The van der Waals surface area contributed by atoms with Crippen molar-refractivity contribution in [2.45, 2.75) is 19.4 Å². The minimum absolute atomic E-state index is 0.521. The highest BCUT2D eigenvalue weighted by Gasteiger charge is 2.13. The second kappa shape index (κ2) is 6.94. The van der Waals surface area contributed by atoms with Gasteiger partial charge in [-0.15, -0.1) is 0 Å². The summed E-state index contributed by atoms with van der Waals surface area (Å²) >= 11 is 0. The molecule has 0 fully saturated rings. The number of nitrogens with zero attached hydrogens (tertiary/aromatic N) is 2. The molecule has 1 aromatic heterocycles. The number of aryl methyl sites for hydroxylation is 2. The van der Waals surface area contributed by atoms with E-state index in [0.29, 0.717) is 37.9 Å². The lowest BCUT2D eigenvalue weighted by molar-refractivity contribution is 0.171. The van der Waals surface area contributed by atoms with Gasteiger partial charge in [0.1, 0.15) is 13.2 Å². The molecule has 0 saturated heterocycles. The average molecular weight is 337 g/mol. The summed E-state index contributed by atoms with van der Waals surface area (Å²) in [6.07, 6.45) is 1.47. The molecule has 3 aromatic rings. The van der Waals surface area contributed by atoms with Gasteiger partial charge in [0.25, 0.3) is 0 Å². The molecule has 4 rings (SSSR count). The van der Waals surface area contributed by atoms with Crippen LogP contribution in [0.3, 0.4) is 0 Å². The van der Waals surface area contributed by atoms with Crippen molar-refractivity contribution in [2.24, 2.45) is 5.73 Å². The van der Waals surface area contributed by atoms with Gasteiger partial charge in [0.15, 0.2) is 11.5 Å². The molecule has 0 amide bonds. The van der Waals surface area contributed by atoms with Crippen LogP contribution in [0.5, 0.6) is 11.5 Å². The second-order valence-corrected chi connectivity index (χ2v) is 5.89. The van der Waals surface area contributed by atoms with Crippen LogP contribution in [0.2, 0.25) is 0 Å². The largest absolute Gasteiger partial charge is 0.486 e. The summed E-state index contributed by atoms with van der Waals surface area (Å²) in [5, 5.41) is 4.06. The van der Waals surface area contributed by atoms with Crippen molar-refractivity contribution < 1.29 is 14.0 Å². The van der Waals surface area contributed by atoms with E-state index in [2.05, 4.69) is 10.1 Å². The Bertz CT molecular complexity index is 859. The lowest BCUT2D eigenvalue weighted by Gasteiger charge is -2.18. The van der Waals surface area contributed by atoms with Crippen molar-refractivity contribution in [1.29, 1.82) is 0 Å². The van der Waals surface area contributed by atoms with Gasteiger partial charge in [0, 0.05) is 18.5 Å². The fourth-order valence-corrected chi connectivity index (χ4v) is 2.76. The molecule has 2 heterocycles. The standard InChI is InChI=1S/C19H19N3O3/c20-12-14-1-5-15(6-2-14)19-21-18(25-22-19)8-4-13-3-7-16-17(11-13)24-10-9-23-16/h1-3,5-7,11H,4,8-10,12,20H2. The Morgan fingerprint density at radius 3 is 2.44 bits per heavy atom. The molecule has 0 bridgehead atoms. The number of ether oxygens (including phenoxy) is 2. The monoisotopic (exact) mass is 337 g/mol. The van der Waals surface area contributed by atoms with Crippen LogP contribution in [0.25, 0.3) is 11.4 Å². The zero-order valence-corrected chi connectivity index (χ0v) is 13.8. The van der Waals surface area contributed by atoms with Crippen LogP contribution in [0.1, 0.15) is 17.0 Å². The van der Waals surface area contributed by atoms with Crippen LogP contribution in [0.15, 0.2) is 47.0 Å². The Labute approximate surface area is 145 Å². The number of aromatic nitrogens is 2. The summed E-state index contributed by atoms with van der Waals surface area (Å²) in [7, 11) is 0. The number of rotatable bonds is 5. The predicted octanol–water partition coefficient (Wildman–Crippen LogP) is 2.75. The Morgan fingerprint density at radius 2 is 1.64 bits per heavy atom. The van der Waals surface area contributed by atoms with E-state index < -0.39 is 0 Å². The Morgan fingerprint density at radius 1 is 0.880 bits per heavy atom. The molecule has 1 aliphatic rings. The van der Waals surface area contributed by atoms with Gasteiger partial charge in [0.05, 0.1) is 0 Å². The maximum Gasteiger partial charge on any atom is 0.227 e. The third kappa shape index (κ3) is 3.49. The molecule has 6 nitrogen and oxygen atoms in total. The molecule has 0 saturated carbocycles. The number of hydrogen-bond donors (Lipinski definition) is 1. The molecule has 2 aromatic carbocycles.